The van der Waals surface area contributed by atoms with Crippen molar-refractivity contribution in [1.29, 1.82) is 0 Å². The zero-order chi connectivity index (χ0) is 15.0. The van der Waals surface area contributed by atoms with Crippen molar-refractivity contribution in [2.45, 2.75) is 6.10 Å². The van der Waals surface area contributed by atoms with E-state index in [4.69, 9.17) is 15.3 Å². The summed E-state index contributed by atoms with van der Waals surface area (Å²) in [5, 5.41) is 25.2. The van der Waals surface area contributed by atoms with Crippen molar-refractivity contribution in [3.63, 3.8) is 0 Å². The van der Waals surface area contributed by atoms with Crippen molar-refractivity contribution in [2.75, 3.05) is 19.8 Å². The summed E-state index contributed by atoms with van der Waals surface area (Å²) in [6.45, 7) is -3.32. The van der Waals surface area contributed by atoms with Crippen molar-refractivity contribution >= 4 is 29.5 Å². The summed E-state index contributed by atoms with van der Waals surface area (Å²) >= 11 is 0. The van der Waals surface area contributed by atoms with Crippen molar-refractivity contribution in [1.82, 2.24) is 0 Å². The number of esters is 2. The topological polar surface area (TPSA) is 164 Å². The third-order valence-corrected chi connectivity index (χ3v) is 1.63. The molecule has 0 aliphatic heterocycles. The van der Waals surface area contributed by atoms with Gasteiger partial charge in [0.05, 0.1) is 6.61 Å². The van der Waals surface area contributed by atoms with Crippen LogP contribution in [-0.4, -0.2) is 70.7 Å². The van der Waals surface area contributed by atoms with E-state index in [2.05, 4.69) is 9.47 Å². The van der Waals surface area contributed by atoms with Crippen LogP contribution in [0.2, 0.25) is 0 Å². The normalized spacial score (nSPS) is 11.3. The maximum atomic E-state index is 11.2. The molecule has 106 valence electrons. The number of aliphatic carboxylic acids is 1. The molecule has 0 saturated heterocycles. The molecule has 0 bridgehead atoms. The molecule has 0 amide bonds. The lowest BCUT2D eigenvalue weighted by atomic mass is 10.3. The Bertz CT molecular complexity index is 398. The summed E-state index contributed by atoms with van der Waals surface area (Å²) in [7, 11) is 0. The standard InChI is InChI=1S/C9H10O10/c10-1-4(12)8(16)19-6(2-11)9(17)18-3-5(13)7(14)15/h6,10-11H,1-3H2,(H,14,15). The van der Waals surface area contributed by atoms with Crippen LogP contribution >= 0.6 is 0 Å². The first-order valence-corrected chi connectivity index (χ1v) is 4.71. The maximum absolute atomic E-state index is 11.2. The number of Topliss-reactive ketones (excluding diaryl/α,β-unsaturated/α-hetero) is 2. The van der Waals surface area contributed by atoms with Gasteiger partial charge in [0.1, 0.15) is 6.61 Å². The van der Waals surface area contributed by atoms with Gasteiger partial charge in [0.2, 0.25) is 6.10 Å². The van der Waals surface area contributed by atoms with Gasteiger partial charge in [-0.2, -0.15) is 0 Å². The number of carbonyl (C=O) groups excluding carboxylic acids is 4. The molecule has 10 heteroatoms. The van der Waals surface area contributed by atoms with Gasteiger partial charge in [0, 0.05) is 0 Å². The van der Waals surface area contributed by atoms with Gasteiger partial charge in [-0.15, -0.1) is 0 Å². The Kier molecular flexibility index (Phi) is 6.93. The molecule has 1 unspecified atom stereocenters. The SMILES string of the molecule is O=C(O)C(=O)COC(=O)C(CO)OC(=O)C(=O)CO. The van der Waals surface area contributed by atoms with E-state index in [1.54, 1.807) is 0 Å². The number of carboxylic acid groups (broad SMARTS) is 1. The maximum Gasteiger partial charge on any atom is 0.378 e. The second-order valence-corrected chi connectivity index (χ2v) is 2.99. The molecule has 0 radical (unpaired) electrons. The molecule has 10 nitrogen and oxygen atoms in total. The summed E-state index contributed by atoms with van der Waals surface area (Å²) in [4.78, 5) is 53.4. The van der Waals surface area contributed by atoms with Crippen LogP contribution in [0.5, 0.6) is 0 Å². The minimum absolute atomic E-state index is 1.05. The van der Waals surface area contributed by atoms with Gasteiger partial charge < -0.3 is 24.8 Å². The van der Waals surface area contributed by atoms with Gasteiger partial charge in [0.25, 0.3) is 11.6 Å². The van der Waals surface area contributed by atoms with Gasteiger partial charge in [-0.1, -0.05) is 0 Å². The van der Waals surface area contributed by atoms with E-state index in [0.717, 1.165) is 0 Å². The Balaban J connectivity index is 4.41. The van der Waals surface area contributed by atoms with Crippen LogP contribution in [0.1, 0.15) is 0 Å². The van der Waals surface area contributed by atoms with Gasteiger partial charge in [0.15, 0.2) is 6.61 Å². The predicted octanol–water partition coefficient (Wildman–Crippen LogP) is -3.35. The van der Waals surface area contributed by atoms with Gasteiger partial charge in [-0.25, -0.2) is 14.4 Å². The predicted molar refractivity (Wildman–Crippen MR) is 52.7 cm³/mol. The van der Waals surface area contributed by atoms with Crippen LogP contribution in [0, 0.1) is 0 Å². The molecular weight excluding hydrogens is 268 g/mol. The van der Waals surface area contributed by atoms with E-state index >= 15 is 0 Å². The van der Waals surface area contributed by atoms with E-state index < -0.39 is 55.4 Å². The number of carbonyl (C=O) groups is 5. The third kappa shape index (κ3) is 5.70. The lowest BCUT2D eigenvalue weighted by Gasteiger charge is -2.13. The van der Waals surface area contributed by atoms with Crippen molar-refractivity contribution in [3.8, 4) is 0 Å². The van der Waals surface area contributed by atoms with Crippen LogP contribution in [-0.2, 0) is 33.4 Å². The molecule has 0 fully saturated rings. The third-order valence-electron chi connectivity index (χ3n) is 1.63. The lowest BCUT2D eigenvalue weighted by molar-refractivity contribution is -0.174. The molecule has 1 atom stereocenters. The van der Waals surface area contributed by atoms with Crippen LogP contribution in [0.25, 0.3) is 0 Å². The first-order valence-electron chi connectivity index (χ1n) is 4.71. The average molecular weight is 278 g/mol. The van der Waals surface area contributed by atoms with Gasteiger partial charge >= 0.3 is 17.9 Å². The number of hydrogen-bond acceptors (Lipinski definition) is 9. The monoisotopic (exact) mass is 278 g/mol. The molecule has 3 N–H and O–H groups in total. The fourth-order valence-electron chi connectivity index (χ4n) is 0.711. The van der Waals surface area contributed by atoms with Crippen molar-refractivity contribution in [3.05, 3.63) is 0 Å². The minimum atomic E-state index is -1.90. The molecular formula is C9H10O10. The first-order chi connectivity index (χ1) is 8.83. The molecule has 0 saturated carbocycles. The molecule has 0 aliphatic rings. The highest BCUT2D eigenvalue weighted by Gasteiger charge is 2.28. The molecule has 0 aliphatic carbocycles. The Morgan fingerprint density at radius 1 is 1.00 bits per heavy atom. The summed E-state index contributed by atoms with van der Waals surface area (Å²) in [5.41, 5.74) is 0. The summed E-state index contributed by atoms with van der Waals surface area (Å²) in [6.07, 6.45) is -1.90. The zero-order valence-electron chi connectivity index (χ0n) is 9.40. The molecule has 19 heavy (non-hydrogen) atoms. The first kappa shape index (κ1) is 16.7. The van der Waals surface area contributed by atoms with Crippen LogP contribution in [0.4, 0.5) is 0 Å². The van der Waals surface area contributed by atoms with Crippen LogP contribution < -0.4 is 0 Å². The van der Waals surface area contributed by atoms with E-state index in [9.17, 15) is 24.0 Å². The fourth-order valence-corrected chi connectivity index (χ4v) is 0.711. The second kappa shape index (κ2) is 7.89. The molecule has 0 aromatic rings. The number of carboxylic acids is 1. The Morgan fingerprint density at radius 3 is 2.00 bits per heavy atom. The summed E-state index contributed by atoms with van der Waals surface area (Å²) in [6, 6.07) is 0. The number of ether oxygens (including phenoxy) is 2. The highest BCUT2D eigenvalue weighted by molar-refractivity contribution is 6.34. The number of hydrogen-bond donors (Lipinski definition) is 3. The molecule has 0 aromatic carbocycles. The highest BCUT2D eigenvalue weighted by atomic mass is 16.6. The van der Waals surface area contributed by atoms with Gasteiger partial charge in [-0.05, 0) is 0 Å². The Hall–Kier alpha value is -2.33. The smallest absolute Gasteiger partial charge is 0.378 e. The summed E-state index contributed by atoms with van der Waals surface area (Å²) < 4.78 is 8.33. The molecule has 0 aromatic heterocycles. The van der Waals surface area contributed by atoms with Crippen molar-refractivity contribution < 1.29 is 48.8 Å². The Labute approximate surface area is 105 Å². The lowest BCUT2D eigenvalue weighted by Crippen LogP contribution is -2.36. The largest absolute Gasteiger partial charge is 0.475 e. The minimum Gasteiger partial charge on any atom is -0.475 e. The quantitative estimate of drug-likeness (QED) is 0.301. The van der Waals surface area contributed by atoms with Gasteiger partial charge in [-0.3, -0.25) is 9.59 Å². The molecule has 0 spiro atoms. The van der Waals surface area contributed by atoms with E-state index in [1.807, 2.05) is 0 Å². The average Bonchev–Trinajstić information content (AvgIpc) is 2.39. The Morgan fingerprint density at radius 2 is 1.58 bits per heavy atom. The number of ketones is 2. The fraction of sp³-hybridized carbons (Fsp3) is 0.444. The molecule has 0 rings (SSSR count). The highest BCUT2D eigenvalue weighted by Crippen LogP contribution is 1.97. The molecule has 0 heterocycles. The van der Waals surface area contributed by atoms with Crippen LogP contribution in [0.15, 0.2) is 0 Å². The number of aliphatic hydroxyl groups excluding tert-OH is 2. The summed E-state index contributed by atoms with van der Waals surface area (Å²) in [5.74, 6) is -7.60. The number of aliphatic hydroxyl groups is 2. The van der Waals surface area contributed by atoms with E-state index in [1.165, 1.54) is 0 Å². The van der Waals surface area contributed by atoms with Crippen LogP contribution in [0.3, 0.4) is 0 Å². The second-order valence-electron chi connectivity index (χ2n) is 2.99. The van der Waals surface area contributed by atoms with E-state index in [0.29, 0.717) is 0 Å². The van der Waals surface area contributed by atoms with E-state index in [-0.39, 0.29) is 0 Å². The zero-order valence-corrected chi connectivity index (χ0v) is 9.40. The number of rotatable bonds is 8. The van der Waals surface area contributed by atoms with Crippen molar-refractivity contribution in [2.24, 2.45) is 0 Å².